The van der Waals surface area contributed by atoms with E-state index in [0.29, 0.717) is 12.6 Å². The third kappa shape index (κ3) is 3.95. The topological polar surface area (TPSA) is 41.6 Å². The van der Waals surface area contributed by atoms with Gasteiger partial charge in [-0.15, -0.1) is 0 Å². The lowest BCUT2D eigenvalue weighted by Gasteiger charge is -2.28. The number of methoxy groups -OCH3 is 1. The van der Waals surface area contributed by atoms with Crippen molar-refractivity contribution in [1.29, 1.82) is 0 Å². The van der Waals surface area contributed by atoms with Crippen LogP contribution in [0.3, 0.4) is 0 Å². The summed E-state index contributed by atoms with van der Waals surface area (Å²) in [4.78, 5) is 14.9. The van der Waals surface area contributed by atoms with Gasteiger partial charge in [0.05, 0.1) is 7.11 Å². The molecule has 1 N–H and O–H groups in total. The highest BCUT2D eigenvalue weighted by atomic mass is 16.5. The summed E-state index contributed by atoms with van der Waals surface area (Å²) in [6.45, 7) is 0.641. The van der Waals surface area contributed by atoms with Crippen molar-refractivity contribution in [2.75, 3.05) is 14.2 Å². The summed E-state index contributed by atoms with van der Waals surface area (Å²) in [6.07, 6.45) is 2.17. The zero-order valence-corrected chi connectivity index (χ0v) is 14.2. The number of carbonyl (C=O) groups excluding carboxylic acids is 1. The molecule has 0 aliphatic heterocycles. The Morgan fingerprint density at radius 2 is 1.83 bits per heavy atom. The van der Waals surface area contributed by atoms with Crippen LogP contribution in [0.2, 0.25) is 0 Å². The predicted molar refractivity (Wildman–Crippen MR) is 94.8 cm³/mol. The molecule has 0 saturated heterocycles. The van der Waals surface area contributed by atoms with Gasteiger partial charge in [-0.1, -0.05) is 48.5 Å². The normalized spacial score (nSPS) is 15.1. The van der Waals surface area contributed by atoms with E-state index in [1.165, 1.54) is 0 Å². The Balaban J connectivity index is 1.82. The highest BCUT2D eigenvalue weighted by Crippen LogP contribution is 2.27. The predicted octanol–water partition coefficient (Wildman–Crippen LogP) is 3.15. The first-order valence-corrected chi connectivity index (χ1v) is 8.36. The molecule has 4 nitrogen and oxygen atoms in total. The molecule has 1 aliphatic rings. The fourth-order valence-electron chi connectivity index (χ4n) is 2.94. The zero-order valence-electron chi connectivity index (χ0n) is 14.2. The first-order chi connectivity index (χ1) is 11.7. The number of amides is 1. The van der Waals surface area contributed by atoms with E-state index in [-0.39, 0.29) is 11.9 Å². The van der Waals surface area contributed by atoms with Crippen LogP contribution in [0.1, 0.15) is 30.0 Å². The smallest absolute Gasteiger partial charge is 0.242 e. The molecule has 4 heteroatoms. The van der Waals surface area contributed by atoms with Gasteiger partial charge in [0.25, 0.3) is 0 Å². The van der Waals surface area contributed by atoms with Gasteiger partial charge in [0.15, 0.2) is 0 Å². The van der Waals surface area contributed by atoms with Crippen molar-refractivity contribution >= 4 is 5.91 Å². The largest absolute Gasteiger partial charge is 0.496 e. The monoisotopic (exact) mass is 324 g/mol. The number of likely N-dealkylation sites (N-methyl/N-ethyl adjacent to an activating group) is 1. The molecule has 0 heterocycles. The van der Waals surface area contributed by atoms with Crippen LogP contribution in [-0.4, -0.2) is 31.0 Å². The second kappa shape index (κ2) is 7.49. The van der Waals surface area contributed by atoms with E-state index in [0.717, 1.165) is 29.7 Å². The fourth-order valence-corrected chi connectivity index (χ4v) is 2.94. The second-order valence-corrected chi connectivity index (χ2v) is 6.32. The van der Waals surface area contributed by atoms with Crippen molar-refractivity contribution in [1.82, 2.24) is 10.2 Å². The molecule has 2 aromatic rings. The minimum Gasteiger partial charge on any atom is -0.496 e. The van der Waals surface area contributed by atoms with Crippen molar-refractivity contribution in [3.8, 4) is 5.75 Å². The maximum atomic E-state index is 12.8. The van der Waals surface area contributed by atoms with Crippen LogP contribution in [0.25, 0.3) is 0 Å². The molecule has 24 heavy (non-hydrogen) atoms. The van der Waals surface area contributed by atoms with Gasteiger partial charge in [-0.2, -0.15) is 0 Å². The van der Waals surface area contributed by atoms with Crippen LogP contribution < -0.4 is 10.1 Å². The lowest BCUT2D eigenvalue weighted by Crippen LogP contribution is -2.39. The van der Waals surface area contributed by atoms with Crippen molar-refractivity contribution in [2.24, 2.45) is 0 Å². The van der Waals surface area contributed by atoms with E-state index in [9.17, 15) is 4.79 Å². The van der Waals surface area contributed by atoms with Gasteiger partial charge in [0, 0.05) is 18.2 Å². The molecule has 1 saturated carbocycles. The Morgan fingerprint density at radius 1 is 1.17 bits per heavy atom. The summed E-state index contributed by atoms with van der Waals surface area (Å²) in [5, 5.41) is 3.14. The first-order valence-electron chi connectivity index (χ1n) is 8.36. The quantitative estimate of drug-likeness (QED) is 0.851. The first kappa shape index (κ1) is 16.5. The summed E-state index contributed by atoms with van der Waals surface area (Å²) in [6, 6.07) is 17.9. The average Bonchev–Trinajstić information content (AvgIpc) is 3.40. The maximum absolute atomic E-state index is 12.8. The van der Waals surface area contributed by atoms with Crippen LogP contribution in [0.4, 0.5) is 0 Å². The summed E-state index contributed by atoms with van der Waals surface area (Å²) in [5.74, 6) is 0.917. The van der Waals surface area contributed by atoms with Gasteiger partial charge >= 0.3 is 0 Å². The summed E-state index contributed by atoms with van der Waals surface area (Å²) in [7, 11) is 3.66. The minimum atomic E-state index is -0.309. The van der Waals surface area contributed by atoms with E-state index < -0.39 is 0 Å². The molecule has 1 fully saturated rings. The molecule has 1 aliphatic carbocycles. The summed E-state index contributed by atoms with van der Waals surface area (Å²) in [5.41, 5.74) is 2.08. The van der Waals surface area contributed by atoms with E-state index in [1.54, 1.807) is 7.11 Å². The van der Waals surface area contributed by atoms with Crippen molar-refractivity contribution in [3.05, 3.63) is 65.7 Å². The number of nitrogens with one attached hydrogen (secondary N) is 1. The molecule has 0 spiro atoms. The molecular weight excluding hydrogens is 300 g/mol. The van der Waals surface area contributed by atoms with Gasteiger partial charge in [-0.3, -0.25) is 9.69 Å². The lowest BCUT2D eigenvalue weighted by molar-refractivity contribution is -0.126. The third-order valence-electron chi connectivity index (χ3n) is 4.34. The van der Waals surface area contributed by atoms with Crippen LogP contribution in [0, 0.1) is 0 Å². The van der Waals surface area contributed by atoms with Gasteiger partial charge in [-0.25, -0.2) is 0 Å². The van der Waals surface area contributed by atoms with E-state index in [2.05, 4.69) is 10.2 Å². The molecule has 0 radical (unpaired) electrons. The number of rotatable bonds is 7. The highest BCUT2D eigenvalue weighted by molar-refractivity contribution is 5.83. The lowest BCUT2D eigenvalue weighted by atomic mass is 10.0. The van der Waals surface area contributed by atoms with Crippen molar-refractivity contribution in [3.63, 3.8) is 0 Å². The highest BCUT2D eigenvalue weighted by Gasteiger charge is 2.30. The van der Waals surface area contributed by atoms with Crippen LogP contribution in [0.15, 0.2) is 54.6 Å². The molecule has 1 atom stereocenters. The number of para-hydroxylation sites is 1. The SMILES string of the molecule is COc1ccccc1CN(C)C(C(=O)NC1CC1)c1ccccc1. The third-order valence-corrected chi connectivity index (χ3v) is 4.34. The molecule has 3 rings (SSSR count). The summed E-state index contributed by atoms with van der Waals surface area (Å²) < 4.78 is 5.44. The van der Waals surface area contributed by atoms with Gasteiger partial charge in [0.1, 0.15) is 11.8 Å². The maximum Gasteiger partial charge on any atom is 0.242 e. The fraction of sp³-hybridized carbons (Fsp3) is 0.350. The molecular formula is C20H24N2O2. The van der Waals surface area contributed by atoms with Gasteiger partial charge in [-0.05, 0) is 31.5 Å². The van der Waals surface area contributed by atoms with Crippen molar-refractivity contribution in [2.45, 2.75) is 31.5 Å². The Hall–Kier alpha value is -2.33. The molecule has 2 aromatic carbocycles. The standard InChI is InChI=1S/C20H24N2O2/c1-22(14-16-10-6-7-11-18(16)24-2)19(15-8-4-3-5-9-15)20(23)21-17-12-13-17/h3-11,17,19H,12-14H2,1-2H3,(H,21,23). The van der Waals surface area contributed by atoms with E-state index in [4.69, 9.17) is 4.74 Å². The molecule has 0 aromatic heterocycles. The zero-order chi connectivity index (χ0) is 16.9. The Morgan fingerprint density at radius 3 is 2.50 bits per heavy atom. The number of carbonyl (C=O) groups is 1. The number of hydrogen-bond acceptors (Lipinski definition) is 3. The van der Waals surface area contributed by atoms with Crippen LogP contribution in [-0.2, 0) is 11.3 Å². The van der Waals surface area contributed by atoms with Gasteiger partial charge in [0.2, 0.25) is 5.91 Å². The number of hydrogen-bond donors (Lipinski definition) is 1. The van der Waals surface area contributed by atoms with E-state index >= 15 is 0 Å². The van der Waals surface area contributed by atoms with Crippen molar-refractivity contribution < 1.29 is 9.53 Å². The Labute approximate surface area is 143 Å². The molecule has 1 unspecified atom stereocenters. The number of ether oxygens (including phenoxy) is 1. The van der Waals surface area contributed by atoms with Crippen LogP contribution in [0.5, 0.6) is 5.75 Å². The minimum absolute atomic E-state index is 0.0705. The molecule has 1 amide bonds. The second-order valence-electron chi connectivity index (χ2n) is 6.32. The number of nitrogens with zero attached hydrogens (tertiary/aromatic N) is 1. The van der Waals surface area contributed by atoms with Crippen LogP contribution >= 0.6 is 0 Å². The Bertz CT molecular complexity index is 683. The average molecular weight is 324 g/mol. The summed E-state index contributed by atoms with van der Waals surface area (Å²) >= 11 is 0. The molecule has 126 valence electrons. The number of benzene rings is 2. The van der Waals surface area contributed by atoms with E-state index in [1.807, 2.05) is 61.6 Å². The van der Waals surface area contributed by atoms with Gasteiger partial charge < -0.3 is 10.1 Å². The Kier molecular flexibility index (Phi) is 5.16. The molecule has 0 bridgehead atoms.